The average molecular weight is 288 g/mol. The second-order valence-corrected chi connectivity index (χ2v) is 5.54. The molecule has 2 rings (SSSR count). The maximum Gasteiger partial charge on any atom is 0.251 e. The maximum absolute atomic E-state index is 12.1. The summed E-state index contributed by atoms with van der Waals surface area (Å²) >= 11 is 0. The van der Waals surface area contributed by atoms with Crippen LogP contribution in [0.4, 0.5) is 0 Å². The first kappa shape index (κ1) is 15.5. The van der Waals surface area contributed by atoms with Crippen LogP contribution in [0.1, 0.15) is 36.2 Å². The molecule has 0 bridgehead atoms. The summed E-state index contributed by atoms with van der Waals surface area (Å²) in [5.41, 5.74) is 0.983. The Balaban J connectivity index is 1.84. The molecule has 0 spiro atoms. The maximum atomic E-state index is 12.1. The SMILES string of the molecule is C[C@@H](CNC(=O)c1cccc(C#N)c1)CC1(C)OCCO1. The van der Waals surface area contributed by atoms with Gasteiger partial charge in [0.15, 0.2) is 5.79 Å². The molecule has 5 heteroatoms. The van der Waals surface area contributed by atoms with E-state index < -0.39 is 5.79 Å². The standard InChI is InChI=1S/C16H20N2O3/c1-12(9-16(2)20-6-7-21-16)11-18-15(19)14-5-3-4-13(8-14)10-17/h3-5,8,12H,6-7,9,11H2,1-2H3,(H,18,19)/t12-/m1/s1. The first-order valence-corrected chi connectivity index (χ1v) is 7.09. The number of rotatable bonds is 5. The Labute approximate surface area is 124 Å². The van der Waals surface area contributed by atoms with Gasteiger partial charge in [-0.15, -0.1) is 0 Å². The van der Waals surface area contributed by atoms with E-state index in [-0.39, 0.29) is 11.8 Å². The summed E-state index contributed by atoms with van der Waals surface area (Å²) in [5.74, 6) is -0.473. The van der Waals surface area contributed by atoms with Crippen LogP contribution >= 0.6 is 0 Å². The Morgan fingerprint density at radius 2 is 2.19 bits per heavy atom. The molecule has 1 aromatic rings. The van der Waals surface area contributed by atoms with Gasteiger partial charge in [-0.05, 0) is 31.0 Å². The van der Waals surface area contributed by atoms with Gasteiger partial charge in [0.05, 0.1) is 24.8 Å². The van der Waals surface area contributed by atoms with Crippen molar-refractivity contribution in [2.24, 2.45) is 5.92 Å². The smallest absolute Gasteiger partial charge is 0.251 e. The summed E-state index contributed by atoms with van der Waals surface area (Å²) in [6.45, 7) is 5.75. The predicted octanol–water partition coefficient (Wildman–Crippen LogP) is 2.08. The number of nitriles is 1. The van der Waals surface area contributed by atoms with Crippen LogP contribution < -0.4 is 5.32 Å². The number of hydrogen-bond acceptors (Lipinski definition) is 4. The fourth-order valence-electron chi connectivity index (χ4n) is 2.48. The zero-order valence-corrected chi connectivity index (χ0v) is 12.4. The highest BCUT2D eigenvalue weighted by molar-refractivity contribution is 5.94. The monoisotopic (exact) mass is 288 g/mol. The molecule has 1 atom stereocenters. The van der Waals surface area contributed by atoms with E-state index >= 15 is 0 Å². The lowest BCUT2D eigenvalue weighted by Crippen LogP contribution is -2.34. The summed E-state index contributed by atoms with van der Waals surface area (Å²) in [7, 11) is 0. The molecule has 0 aromatic heterocycles. The van der Waals surface area contributed by atoms with Crippen LogP contribution in [0.25, 0.3) is 0 Å². The molecule has 1 aliphatic heterocycles. The van der Waals surface area contributed by atoms with Gasteiger partial charge in [0.25, 0.3) is 5.91 Å². The van der Waals surface area contributed by atoms with Crippen LogP contribution in [0.5, 0.6) is 0 Å². The molecule has 21 heavy (non-hydrogen) atoms. The topological polar surface area (TPSA) is 71.4 Å². The minimum atomic E-state index is -0.537. The van der Waals surface area contributed by atoms with E-state index in [0.717, 1.165) is 6.42 Å². The first-order chi connectivity index (χ1) is 10.0. The number of hydrogen-bond donors (Lipinski definition) is 1. The van der Waals surface area contributed by atoms with Gasteiger partial charge in [-0.25, -0.2) is 0 Å². The third-order valence-electron chi connectivity index (χ3n) is 3.48. The lowest BCUT2D eigenvalue weighted by Gasteiger charge is -2.26. The van der Waals surface area contributed by atoms with E-state index in [9.17, 15) is 4.79 Å². The second kappa shape index (κ2) is 6.70. The van der Waals surface area contributed by atoms with Gasteiger partial charge in [0.1, 0.15) is 0 Å². The second-order valence-electron chi connectivity index (χ2n) is 5.54. The van der Waals surface area contributed by atoms with Crippen molar-refractivity contribution in [1.82, 2.24) is 5.32 Å². The lowest BCUT2D eigenvalue weighted by atomic mass is 10.0. The Kier molecular flexibility index (Phi) is 4.94. The number of amides is 1. The van der Waals surface area contributed by atoms with E-state index in [1.54, 1.807) is 24.3 Å². The van der Waals surface area contributed by atoms with Crippen molar-refractivity contribution < 1.29 is 14.3 Å². The lowest BCUT2D eigenvalue weighted by molar-refractivity contribution is -0.153. The van der Waals surface area contributed by atoms with Crippen LogP contribution in [0.2, 0.25) is 0 Å². The minimum absolute atomic E-state index is 0.169. The highest BCUT2D eigenvalue weighted by Crippen LogP contribution is 2.26. The highest BCUT2D eigenvalue weighted by atomic mass is 16.7. The molecular formula is C16H20N2O3. The number of ether oxygens (including phenoxy) is 2. The molecule has 0 aliphatic carbocycles. The molecule has 0 radical (unpaired) electrons. The summed E-state index contributed by atoms with van der Waals surface area (Å²) in [4.78, 5) is 12.1. The number of carbonyl (C=O) groups excluding carboxylic acids is 1. The Morgan fingerprint density at radius 3 is 2.86 bits per heavy atom. The molecule has 1 N–H and O–H groups in total. The molecule has 1 fully saturated rings. The van der Waals surface area contributed by atoms with Gasteiger partial charge < -0.3 is 14.8 Å². The third kappa shape index (κ3) is 4.28. The molecule has 1 heterocycles. The van der Waals surface area contributed by atoms with Crippen LogP contribution in [-0.2, 0) is 9.47 Å². The number of nitrogens with zero attached hydrogens (tertiary/aromatic N) is 1. The van der Waals surface area contributed by atoms with Crippen LogP contribution in [0.15, 0.2) is 24.3 Å². The zero-order valence-electron chi connectivity index (χ0n) is 12.4. The molecule has 112 valence electrons. The summed E-state index contributed by atoms with van der Waals surface area (Å²) < 4.78 is 11.1. The van der Waals surface area contributed by atoms with E-state index in [4.69, 9.17) is 14.7 Å². The number of benzene rings is 1. The van der Waals surface area contributed by atoms with Gasteiger partial charge in [0, 0.05) is 18.5 Å². The third-order valence-corrected chi connectivity index (χ3v) is 3.48. The molecular weight excluding hydrogens is 268 g/mol. The Bertz CT molecular complexity index is 545. The van der Waals surface area contributed by atoms with E-state index in [2.05, 4.69) is 5.32 Å². The van der Waals surface area contributed by atoms with E-state index in [1.165, 1.54) is 0 Å². The van der Waals surface area contributed by atoms with Crippen molar-refractivity contribution in [2.45, 2.75) is 26.1 Å². The molecule has 0 unspecified atom stereocenters. The fraction of sp³-hybridized carbons (Fsp3) is 0.500. The quantitative estimate of drug-likeness (QED) is 0.900. The normalized spacial score (nSPS) is 18.0. The minimum Gasteiger partial charge on any atom is -0.352 e. The van der Waals surface area contributed by atoms with Gasteiger partial charge in [-0.3, -0.25) is 4.79 Å². The summed E-state index contributed by atoms with van der Waals surface area (Å²) in [6, 6.07) is 8.70. The van der Waals surface area contributed by atoms with Gasteiger partial charge in [-0.2, -0.15) is 5.26 Å². The number of nitrogens with one attached hydrogen (secondary N) is 1. The van der Waals surface area contributed by atoms with Gasteiger partial charge in [-0.1, -0.05) is 13.0 Å². The molecule has 1 saturated heterocycles. The highest BCUT2D eigenvalue weighted by Gasteiger charge is 2.32. The predicted molar refractivity (Wildman–Crippen MR) is 77.6 cm³/mol. The van der Waals surface area contributed by atoms with Crippen molar-refractivity contribution in [3.63, 3.8) is 0 Å². The van der Waals surface area contributed by atoms with Crippen molar-refractivity contribution >= 4 is 5.91 Å². The Morgan fingerprint density at radius 1 is 1.48 bits per heavy atom. The van der Waals surface area contributed by atoms with Crippen LogP contribution in [0.3, 0.4) is 0 Å². The zero-order chi connectivity index (χ0) is 15.3. The fourth-order valence-corrected chi connectivity index (χ4v) is 2.48. The van der Waals surface area contributed by atoms with Crippen molar-refractivity contribution in [3.05, 3.63) is 35.4 Å². The van der Waals surface area contributed by atoms with Crippen LogP contribution in [0, 0.1) is 17.2 Å². The molecule has 1 aliphatic rings. The van der Waals surface area contributed by atoms with E-state index in [0.29, 0.717) is 30.9 Å². The van der Waals surface area contributed by atoms with Crippen molar-refractivity contribution in [2.75, 3.05) is 19.8 Å². The van der Waals surface area contributed by atoms with Crippen molar-refractivity contribution in [3.8, 4) is 6.07 Å². The van der Waals surface area contributed by atoms with E-state index in [1.807, 2.05) is 19.9 Å². The molecule has 0 saturated carbocycles. The average Bonchev–Trinajstić information content (AvgIpc) is 2.91. The summed E-state index contributed by atoms with van der Waals surface area (Å²) in [5, 5.41) is 11.7. The largest absolute Gasteiger partial charge is 0.352 e. The number of carbonyl (C=O) groups is 1. The first-order valence-electron chi connectivity index (χ1n) is 7.09. The molecule has 1 aromatic carbocycles. The molecule has 1 amide bonds. The van der Waals surface area contributed by atoms with Gasteiger partial charge in [0.2, 0.25) is 0 Å². The Hall–Kier alpha value is -1.90. The van der Waals surface area contributed by atoms with Crippen LogP contribution in [-0.4, -0.2) is 31.5 Å². The van der Waals surface area contributed by atoms with Crippen molar-refractivity contribution in [1.29, 1.82) is 5.26 Å². The molecule has 5 nitrogen and oxygen atoms in total. The van der Waals surface area contributed by atoms with Gasteiger partial charge >= 0.3 is 0 Å². The summed E-state index contributed by atoms with van der Waals surface area (Å²) in [6.07, 6.45) is 0.728.